The fraction of sp³-hybridized carbons (Fsp3) is 0.538. The second-order valence-corrected chi connectivity index (χ2v) is 4.49. The lowest BCUT2D eigenvalue weighted by Gasteiger charge is -2.17. The Kier molecular flexibility index (Phi) is 5.26. The second kappa shape index (κ2) is 6.24. The van der Waals surface area contributed by atoms with Crippen molar-refractivity contribution in [3.63, 3.8) is 0 Å². The number of rotatable bonds is 5. The number of benzene rings is 1. The molecular weight excluding hydrogens is 222 g/mol. The Morgan fingerprint density at radius 2 is 1.94 bits per heavy atom. The van der Waals surface area contributed by atoms with Gasteiger partial charge < -0.3 is 10.8 Å². The van der Waals surface area contributed by atoms with Gasteiger partial charge in [0.15, 0.2) is 0 Å². The van der Waals surface area contributed by atoms with Gasteiger partial charge in [-0.2, -0.15) is 0 Å². The number of hydrogen-bond donors (Lipinski definition) is 2. The molecule has 0 bridgehead atoms. The van der Waals surface area contributed by atoms with Crippen LogP contribution in [0.4, 0.5) is 0 Å². The normalized spacial score (nSPS) is 13.1. The van der Waals surface area contributed by atoms with E-state index in [0.29, 0.717) is 5.92 Å². The smallest absolute Gasteiger partial charge is 0.0624 e. The van der Waals surface area contributed by atoms with Crippen LogP contribution in [0.25, 0.3) is 0 Å². The summed E-state index contributed by atoms with van der Waals surface area (Å²) in [6.07, 6.45) is 2.17. The first-order chi connectivity index (χ1) is 7.63. The molecule has 0 fully saturated rings. The van der Waals surface area contributed by atoms with E-state index in [1.54, 1.807) is 0 Å². The van der Waals surface area contributed by atoms with Gasteiger partial charge in [0.05, 0.1) is 12.6 Å². The van der Waals surface area contributed by atoms with Gasteiger partial charge in [-0.25, -0.2) is 0 Å². The van der Waals surface area contributed by atoms with Crippen LogP contribution in [0.3, 0.4) is 0 Å². The van der Waals surface area contributed by atoms with E-state index in [-0.39, 0.29) is 12.6 Å². The first-order valence-corrected chi connectivity index (χ1v) is 6.17. The minimum absolute atomic E-state index is 0.0549. The Hall–Kier alpha value is -0.570. The maximum Gasteiger partial charge on any atom is 0.0624 e. The molecule has 0 aliphatic heterocycles. The van der Waals surface area contributed by atoms with Gasteiger partial charge in [0.1, 0.15) is 0 Å². The quantitative estimate of drug-likeness (QED) is 0.832. The maximum absolute atomic E-state index is 8.98. The van der Waals surface area contributed by atoms with Crippen molar-refractivity contribution >= 4 is 11.6 Å². The van der Waals surface area contributed by atoms with Gasteiger partial charge in [0, 0.05) is 5.02 Å². The van der Waals surface area contributed by atoms with E-state index >= 15 is 0 Å². The molecule has 1 atom stereocenters. The molecule has 2 nitrogen and oxygen atoms in total. The molecule has 0 aromatic heterocycles. The van der Waals surface area contributed by atoms with E-state index in [9.17, 15) is 0 Å². The lowest BCUT2D eigenvalue weighted by Crippen LogP contribution is -2.14. The molecule has 0 saturated heterocycles. The molecule has 16 heavy (non-hydrogen) atoms. The summed E-state index contributed by atoms with van der Waals surface area (Å²) in [5.74, 6) is 0.506. The first kappa shape index (κ1) is 13.5. The van der Waals surface area contributed by atoms with Crippen LogP contribution in [0.1, 0.15) is 49.8 Å². The molecule has 90 valence electrons. The van der Waals surface area contributed by atoms with Gasteiger partial charge in [-0.15, -0.1) is 0 Å². The predicted octanol–water partition coefficient (Wildman–Crippen LogP) is 3.24. The number of aliphatic hydroxyl groups is 1. The minimum atomic E-state index is -0.340. The van der Waals surface area contributed by atoms with Gasteiger partial charge in [-0.3, -0.25) is 0 Å². The van der Waals surface area contributed by atoms with Crippen LogP contribution in [0.2, 0.25) is 5.02 Å². The van der Waals surface area contributed by atoms with Crippen molar-refractivity contribution in [3.8, 4) is 0 Å². The summed E-state index contributed by atoms with van der Waals surface area (Å²) in [6, 6.07) is 5.52. The highest BCUT2D eigenvalue weighted by atomic mass is 35.5. The molecule has 0 amide bonds. The maximum atomic E-state index is 8.98. The molecule has 0 saturated carbocycles. The Labute approximate surface area is 102 Å². The average molecular weight is 242 g/mol. The van der Waals surface area contributed by atoms with Crippen molar-refractivity contribution in [2.24, 2.45) is 5.73 Å². The van der Waals surface area contributed by atoms with Gasteiger partial charge in [0.25, 0.3) is 0 Å². The van der Waals surface area contributed by atoms with Crippen LogP contribution >= 0.6 is 11.6 Å². The topological polar surface area (TPSA) is 46.2 Å². The standard InChI is InChI=1S/C13H20ClNO/c1-3-9(4-2)11-6-5-10(7-12(11)14)13(15)8-16/h5-7,9,13,16H,3-4,8,15H2,1-2H3. The summed E-state index contributed by atoms with van der Waals surface area (Å²) < 4.78 is 0. The summed E-state index contributed by atoms with van der Waals surface area (Å²) in [5.41, 5.74) is 7.82. The highest BCUT2D eigenvalue weighted by molar-refractivity contribution is 6.31. The Morgan fingerprint density at radius 3 is 2.38 bits per heavy atom. The van der Waals surface area contributed by atoms with Crippen molar-refractivity contribution in [1.29, 1.82) is 0 Å². The lowest BCUT2D eigenvalue weighted by atomic mass is 9.92. The fourth-order valence-corrected chi connectivity index (χ4v) is 2.28. The molecule has 0 aliphatic rings. The zero-order valence-corrected chi connectivity index (χ0v) is 10.7. The van der Waals surface area contributed by atoms with E-state index in [1.165, 1.54) is 5.56 Å². The highest BCUT2D eigenvalue weighted by Crippen LogP contribution is 2.31. The predicted molar refractivity (Wildman–Crippen MR) is 68.8 cm³/mol. The molecule has 0 radical (unpaired) electrons. The molecule has 1 rings (SSSR count). The van der Waals surface area contributed by atoms with Crippen LogP contribution in [-0.2, 0) is 0 Å². The Balaban J connectivity index is 2.99. The highest BCUT2D eigenvalue weighted by Gasteiger charge is 2.13. The van der Waals surface area contributed by atoms with Crippen LogP contribution in [0, 0.1) is 0 Å². The van der Waals surface area contributed by atoms with Gasteiger partial charge >= 0.3 is 0 Å². The summed E-state index contributed by atoms with van der Waals surface area (Å²) in [5, 5.41) is 9.74. The van der Waals surface area contributed by atoms with Crippen molar-refractivity contribution in [1.82, 2.24) is 0 Å². The van der Waals surface area contributed by atoms with Crippen molar-refractivity contribution in [3.05, 3.63) is 34.3 Å². The van der Waals surface area contributed by atoms with Crippen LogP contribution < -0.4 is 5.73 Å². The number of hydrogen-bond acceptors (Lipinski definition) is 2. The molecule has 3 heteroatoms. The average Bonchev–Trinajstić information content (AvgIpc) is 2.31. The third-order valence-electron chi connectivity index (χ3n) is 3.07. The summed E-state index contributed by atoms with van der Waals surface area (Å²) >= 11 is 6.25. The van der Waals surface area contributed by atoms with E-state index in [4.69, 9.17) is 22.4 Å². The van der Waals surface area contributed by atoms with Crippen molar-refractivity contribution in [2.75, 3.05) is 6.61 Å². The van der Waals surface area contributed by atoms with Gasteiger partial charge in [0.2, 0.25) is 0 Å². The SMILES string of the molecule is CCC(CC)c1ccc(C(N)CO)cc1Cl. The molecule has 0 spiro atoms. The van der Waals surface area contributed by atoms with Gasteiger partial charge in [-0.1, -0.05) is 37.6 Å². The molecule has 1 unspecified atom stereocenters. The van der Waals surface area contributed by atoms with E-state index in [0.717, 1.165) is 23.4 Å². The minimum Gasteiger partial charge on any atom is -0.394 e. The molecule has 0 aliphatic carbocycles. The molecule has 1 aromatic carbocycles. The van der Waals surface area contributed by atoms with E-state index < -0.39 is 0 Å². The van der Waals surface area contributed by atoms with Crippen LogP contribution in [-0.4, -0.2) is 11.7 Å². The molecular formula is C13H20ClNO. The second-order valence-electron chi connectivity index (χ2n) is 4.08. The lowest BCUT2D eigenvalue weighted by molar-refractivity contribution is 0.268. The fourth-order valence-electron chi connectivity index (χ4n) is 1.94. The van der Waals surface area contributed by atoms with E-state index in [2.05, 4.69) is 13.8 Å². The summed E-state index contributed by atoms with van der Waals surface area (Å²) in [6.45, 7) is 4.27. The van der Waals surface area contributed by atoms with Crippen LogP contribution in [0.15, 0.2) is 18.2 Å². The monoisotopic (exact) mass is 241 g/mol. The third kappa shape index (κ3) is 2.97. The van der Waals surface area contributed by atoms with Crippen LogP contribution in [0.5, 0.6) is 0 Å². The number of aliphatic hydroxyl groups excluding tert-OH is 1. The van der Waals surface area contributed by atoms with Crippen molar-refractivity contribution < 1.29 is 5.11 Å². The zero-order chi connectivity index (χ0) is 12.1. The number of nitrogens with two attached hydrogens (primary N) is 1. The first-order valence-electron chi connectivity index (χ1n) is 5.79. The Bertz CT molecular complexity index is 337. The molecule has 0 heterocycles. The number of halogens is 1. The Morgan fingerprint density at radius 1 is 1.31 bits per heavy atom. The molecule has 3 N–H and O–H groups in total. The molecule has 1 aromatic rings. The third-order valence-corrected chi connectivity index (χ3v) is 3.40. The van der Waals surface area contributed by atoms with Gasteiger partial charge in [-0.05, 0) is 36.0 Å². The largest absolute Gasteiger partial charge is 0.394 e. The zero-order valence-electron chi connectivity index (χ0n) is 9.91. The summed E-state index contributed by atoms with van der Waals surface area (Å²) in [4.78, 5) is 0. The van der Waals surface area contributed by atoms with Crippen molar-refractivity contribution in [2.45, 2.75) is 38.6 Å². The summed E-state index contributed by atoms with van der Waals surface area (Å²) in [7, 11) is 0. The van der Waals surface area contributed by atoms with E-state index in [1.807, 2.05) is 18.2 Å².